The second-order valence-corrected chi connectivity index (χ2v) is 8.10. The number of amides is 3. The van der Waals surface area contributed by atoms with Gasteiger partial charge in [-0.2, -0.15) is 0 Å². The number of thiophene rings is 1. The minimum Gasteiger partial charge on any atom is -0.354 e. The second-order valence-electron chi connectivity index (χ2n) is 6.13. The van der Waals surface area contributed by atoms with Crippen LogP contribution in [-0.4, -0.2) is 40.8 Å². The molecule has 0 spiro atoms. The maximum Gasteiger partial charge on any atom is 0.293 e. The molecule has 1 aromatic heterocycles. The summed E-state index contributed by atoms with van der Waals surface area (Å²) in [5, 5.41) is 4.11. The van der Waals surface area contributed by atoms with Crippen LogP contribution in [0, 0.1) is 5.82 Å². The molecule has 29 heavy (non-hydrogen) atoms. The molecule has 3 amide bonds. The van der Waals surface area contributed by atoms with Gasteiger partial charge < -0.3 is 5.32 Å². The van der Waals surface area contributed by atoms with Crippen molar-refractivity contribution < 1.29 is 23.6 Å². The summed E-state index contributed by atoms with van der Waals surface area (Å²) < 4.78 is 12.9. The van der Waals surface area contributed by atoms with E-state index in [9.17, 15) is 23.6 Å². The number of hydrogen-bond acceptors (Lipinski definition) is 6. The molecule has 2 aromatic rings. The Morgan fingerprint density at radius 1 is 1.10 bits per heavy atom. The van der Waals surface area contributed by atoms with Crippen molar-refractivity contribution in [1.82, 2.24) is 10.2 Å². The summed E-state index contributed by atoms with van der Waals surface area (Å²) in [5.41, 5.74) is 0.342. The number of thioether (sulfide) groups is 1. The van der Waals surface area contributed by atoms with Gasteiger partial charge in [-0.15, -0.1) is 11.3 Å². The fourth-order valence-electron chi connectivity index (χ4n) is 2.60. The third kappa shape index (κ3) is 5.61. The normalized spacial score (nSPS) is 15.2. The molecule has 1 aliphatic rings. The smallest absolute Gasteiger partial charge is 0.293 e. The van der Waals surface area contributed by atoms with Crippen LogP contribution in [0.3, 0.4) is 0 Å². The molecule has 2 heterocycles. The van der Waals surface area contributed by atoms with Crippen molar-refractivity contribution in [3.05, 3.63) is 62.9 Å². The lowest BCUT2D eigenvalue weighted by molar-refractivity contribution is -0.124. The highest BCUT2D eigenvalue weighted by Crippen LogP contribution is 2.32. The van der Waals surface area contributed by atoms with E-state index in [4.69, 9.17) is 0 Å². The molecule has 0 aliphatic carbocycles. The largest absolute Gasteiger partial charge is 0.354 e. The lowest BCUT2D eigenvalue weighted by Crippen LogP contribution is -2.37. The van der Waals surface area contributed by atoms with Crippen molar-refractivity contribution in [2.45, 2.75) is 12.8 Å². The molecule has 0 atom stereocenters. The summed E-state index contributed by atoms with van der Waals surface area (Å²) in [6, 6.07) is 8.84. The molecule has 6 nitrogen and oxygen atoms in total. The van der Waals surface area contributed by atoms with Crippen molar-refractivity contribution in [2.75, 3.05) is 13.1 Å². The van der Waals surface area contributed by atoms with E-state index in [0.29, 0.717) is 10.5 Å². The average molecular weight is 432 g/mol. The highest BCUT2D eigenvalue weighted by molar-refractivity contribution is 8.18. The van der Waals surface area contributed by atoms with Gasteiger partial charge in [-0.05, 0) is 53.5 Å². The Balaban J connectivity index is 1.43. The summed E-state index contributed by atoms with van der Waals surface area (Å²) in [7, 11) is 0. The monoisotopic (exact) mass is 432 g/mol. The highest BCUT2D eigenvalue weighted by Gasteiger charge is 2.34. The van der Waals surface area contributed by atoms with Crippen molar-refractivity contribution >= 4 is 52.0 Å². The molecule has 150 valence electrons. The quantitative estimate of drug-likeness (QED) is 0.508. The maximum atomic E-state index is 12.9. The number of carbonyl (C=O) groups excluding carboxylic acids is 4. The minimum atomic E-state index is -0.433. The van der Waals surface area contributed by atoms with E-state index >= 15 is 0 Å². The van der Waals surface area contributed by atoms with Crippen LogP contribution >= 0.6 is 23.1 Å². The molecule has 0 bridgehead atoms. The predicted octanol–water partition coefficient (Wildman–Crippen LogP) is 3.70. The topological polar surface area (TPSA) is 83.6 Å². The van der Waals surface area contributed by atoms with Gasteiger partial charge in [-0.25, -0.2) is 4.39 Å². The number of benzene rings is 1. The lowest BCUT2D eigenvalue weighted by atomic mass is 10.1. The van der Waals surface area contributed by atoms with Gasteiger partial charge in [-0.1, -0.05) is 6.07 Å². The Labute approximate surface area is 174 Å². The van der Waals surface area contributed by atoms with Gasteiger partial charge in [0.15, 0.2) is 5.78 Å². The first-order valence-corrected chi connectivity index (χ1v) is 10.5. The standard InChI is InChI=1S/C20H17FN2O4S2/c21-14-5-3-13(4-6-14)16(24)7-8-18(25)22-9-10-23-19(26)17(29-20(23)27)12-15-2-1-11-28-15/h1-6,11-12H,7-10H2,(H,22,25)/b17-12-. The first kappa shape index (κ1) is 20.9. The Bertz CT molecular complexity index is 955. The fraction of sp³-hybridized carbons (Fsp3) is 0.200. The molecule has 0 radical (unpaired) electrons. The Kier molecular flexibility index (Phi) is 6.95. The van der Waals surface area contributed by atoms with E-state index in [1.807, 2.05) is 17.5 Å². The van der Waals surface area contributed by atoms with Crippen LogP contribution in [0.2, 0.25) is 0 Å². The van der Waals surface area contributed by atoms with Crippen LogP contribution in [0.15, 0.2) is 46.7 Å². The summed E-state index contributed by atoms with van der Waals surface area (Å²) in [6.07, 6.45) is 1.63. The van der Waals surface area contributed by atoms with E-state index in [1.54, 1.807) is 6.08 Å². The number of ketones is 1. The molecular weight excluding hydrogens is 415 g/mol. The van der Waals surface area contributed by atoms with Gasteiger partial charge >= 0.3 is 0 Å². The SMILES string of the molecule is O=C(CCC(=O)c1ccc(F)cc1)NCCN1C(=O)S/C(=C\c2cccs2)C1=O. The lowest BCUT2D eigenvalue weighted by Gasteiger charge is -2.12. The van der Waals surface area contributed by atoms with Crippen LogP contribution in [0.25, 0.3) is 6.08 Å². The fourth-order valence-corrected chi connectivity index (χ4v) is 4.19. The Morgan fingerprint density at radius 3 is 2.55 bits per heavy atom. The zero-order chi connectivity index (χ0) is 20.8. The molecule has 1 N–H and O–H groups in total. The maximum absolute atomic E-state index is 12.9. The summed E-state index contributed by atoms with van der Waals surface area (Å²) >= 11 is 2.34. The number of rotatable bonds is 8. The van der Waals surface area contributed by atoms with Gasteiger partial charge in [0.05, 0.1) is 4.91 Å². The van der Waals surface area contributed by atoms with E-state index in [1.165, 1.54) is 35.6 Å². The molecular formula is C20H17FN2O4S2. The van der Waals surface area contributed by atoms with Crippen LogP contribution < -0.4 is 5.32 Å². The number of halogens is 1. The zero-order valence-electron chi connectivity index (χ0n) is 15.2. The molecule has 1 fully saturated rings. The molecule has 9 heteroatoms. The molecule has 0 saturated carbocycles. The van der Waals surface area contributed by atoms with Crippen molar-refractivity contribution in [2.24, 2.45) is 0 Å². The first-order valence-electron chi connectivity index (χ1n) is 8.78. The van der Waals surface area contributed by atoms with E-state index < -0.39 is 5.82 Å². The van der Waals surface area contributed by atoms with Gasteiger partial charge in [0.2, 0.25) is 5.91 Å². The van der Waals surface area contributed by atoms with Crippen LogP contribution in [-0.2, 0) is 9.59 Å². The Hall–Kier alpha value is -2.78. The zero-order valence-corrected chi connectivity index (χ0v) is 16.9. The molecule has 1 aliphatic heterocycles. The third-order valence-electron chi connectivity index (χ3n) is 4.09. The first-order chi connectivity index (χ1) is 13.9. The third-order valence-corrected chi connectivity index (χ3v) is 5.82. The van der Waals surface area contributed by atoms with E-state index in [2.05, 4.69) is 5.32 Å². The number of Topliss-reactive ketones (excluding diaryl/α,β-unsaturated/α-hetero) is 1. The molecule has 1 saturated heterocycles. The molecule has 3 rings (SSSR count). The van der Waals surface area contributed by atoms with Gasteiger partial charge in [0, 0.05) is 36.4 Å². The molecule has 0 unspecified atom stereocenters. The second kappa shape index (κ2) is 9.62. The van der Waals surface area contributed by atoms with E-state index in [-0.39, 0.29) is 48.8 Å². The number of nitrogens with zero attached hydrogens (tertiary/aromatic N) is 1. The van der Waals surface area contributed by atoms with Crippen molar-refractivity contribution in [3.8, 4) is 0 Å². The summed E-state index contributed by atoms with van der Waals surface area (Å²) in [6.45, 7) is 0.165. The number of carbonyl (C=O) groups is 4. The van der Waals surface area contributed by atoms with Crippen LogP contribution in [0.5, 0.6) is 0 Å². The molecule has 1 aromatic carbocycles. The van der Waals surface area contributed by atoms with Gasteiger partial charge in [-0.3, -0.25) is 24.1 Å². The van der Waals surface area contributed by atoms with Crippen LogP contribution in [0.1, 0.15) is 28.1 Å². The average Bonchev–Trinajstić information content (AvgIpc) is 3.30. The van der Waals surface area contributed by atoms with Crippen molar-refractivity contribution in [1.29, 1.82) is 0 Å². The number of hydrogen-bond donors (Lipinski definition) is 1. The van der Waals surface area contributed by atoms with Crippen LogP contribution in [0.4, 0.5) is 9.18 Å². The summed E-state index contributed by atoms with van der Waals surface area (Å²) in [4.78, 5) is 50.6. The number of nitrogens with one attached hydrogen (secondary N) is 1. The van der Waals surface area contributed by atoms with E-state index in [0.717, 1.165) is 21.5 Å². The highest BCUT2D eigenvalue weighted by atomic mass is 32.2. The van der Waals surface area contributed by atoms with Gasteiger partial charge in [0.25, 0.3) is 11.1 Å². The minimum absolute atomic E-state index is 0.0113. The Morgan fingerprint density at radius 2 is 1.86 bits per heavy atom. The number of imide groups is 1. The summed E-state index contributed by atoms with van der Waals surface area (Å²) in [5.74, 6) is -1.43. The van der Waals surface area contributed by atoms with Gasteiger partial charge in [0.1, 0.15) is 5.82 Å². The van der Waals surface area contributed by atoms with Crippen molar-refractivity contribution in [3.63, 3.8) is 0 Å². The predicted molar refractivity (Wildman–Crippen MR) is 110 cm³/mol.